The summed E-state index contributed by atoms with van der Waals surface area (Å²) < 4.78 is 11.3. The van der Waals surface area contributed by atoms with Gasteiger partial charge in [0.15, 0.2) is 5.65 Å². The molecule has 1 aromatic carbocycles. The molecule has 0 unspecified atom stereocenters. The van der Waals surface area contributed by atoms with E-state index >= 15 is 0 Å². The van der Waals surface area contributed by atoms with Gasteiger partial charge in [0.25, 0.3) is 5.91 Å². The molecule has 0 aliphatic heterocycles. The van der Waals surface area contributed by atoms with Crippen molar-refractivity contribution >= 4 is 34.0 Å². The summed E-state index contributed by atoms with van der Waals surface area (Å²) in [6.07, 6.45) is 6.01. The van der Waals surface area contributed by atoms with Gasteiger partial charge in [-0.25, -0.2) is 4.98 Å². The number of nitrogens with one attached hydrogen (secondary N) is 1. The molecule has 3 aromatic rings. The van der Waals surface area contributed by atoms with Crippen molar-refractivity contribution in [3.8, 4) is 0 Å². The summed E-state index contributed by atoms with van der Waals surface area (Å²) in [5, 5.41) is 7.25. The lowest BCUT2D eigenvalue weighted by Gasteiger charge is -2.20. The van der Waals surface area contributed by atoms with Crippen molar-refractivity contribution in [3.05, 3.63) is 53.7 Å². The third-order valence-corrected chi connectivity index (χ3v) is 4.55. The molecule has 7 nitrogen and oxygen atoms in total. The fourth-order valence-corrected chi connectivity index (χ4v) is 2.99. The Balaban J connectivity index is 0.000000785. The largest absolute Gasteiger partial charge is 0.359 e. The Morgan fingerprint density at radius 3 is 2.32 bits per heavy atom. The Kier molecular flexibility index (Phi) is 8.33. The predicted octanol–water partition coefficient (Wildman–Crippen LogP) is 4.12. The molecule has 3 rings (SSSR count). The van der Waals surface area contributed by atoms with Gasteiger partial charge >= 0.3 is 0 Å². The smallest absolute Gasteiger partial charge is 0.256 e. The molecule has 1 N–H and O–H groups in total. The zero-order valence-electron chi connectivity index (χ0n) is 19.5. The van der Waals surface area contributed by atoms with E-state index in [4.69, 9.17) is 0 Å². The highest BCUT2D eigenvalue weighted by atomic mass is 32.2. The number of hydrogen-bond donors (Lipinski definition) is 1. The van der Waals surface area contributed by atoms with Crippen molar-refractivity contribution in [3.63, 3.8) is 0 Å². The molecule has 31 heavy (non-hydrogen) atoms. The number of fused-ring (bicyclic) bond motifs is 1. The van der Waals surface area contributed by atoms with Crippen LogP contribution < -0.4 is 10.2 Å². The monoisotopic (exact) mass is 443 g/mol. The van der Waals surface area contributed by atoms with Gasteiger partial charge in [0.1, 0.15) is 11.6 Å². The second kappa shape index (κ2) is 10.5. The van der Waals surface area contributed by atoms with Crippen LogP contribution in [0.1, 0.15) is 50.0 Å². The van der Waals surface area contributed by atoms with Gasteiger partial charge in [-0.1, -0.05) is 39.8 Å². The molecule has 0 aliphatic rings. The van der Waals surface area contributed by atoms with Gasteiger partial charge in [0, 0.05) is 54.6 Å². The molecule has 0 fully saturated rings. The molecule has 0 radical (unpaired) electrons. The Labute approximate surface area is 187 Å². The SMILES string of the molecule is CCCN(C)c1cc(NC(=O)c2ccc(C(C)(C)C)cc2)nc2ccnn12.CS(C)=O. The van der Waals surface area contributed by atoms with Crippen LogP contribution in [0.15, 0.2) is 42.6 Å². The summed E-state index contributed by atoms with van der Waals surface area (Å²) in [5.74, 6) is 1.24. The van der Waals surface area contributed by atoms with Crippen LogP contribution in [0.25, 0.3) is 5.65 Å². The maximum absolute atomic E-state index is 12.7. The standard InChI is InChI=1S/C21H27N5O.C2H6OS/c1-6-13-25(5)19-14-17(23-18-11-12-22-26(18)19)24-20(27)15-7-9-16(10-8-15)21(2,3)4;1-4(2)3/h7-12,14H,6,13H2,1-5H3,(H,23,24,27);1-2H3. The van der Waals surface area contributed by atoms with E-state index in [1.165, 1.54) is 5.56 Å². The van der Waals surface area contributed by atoms with Crippen LogP contribution in [0.5, 0.6) is 0 Å². The summed E-state index contributed by atoms with van der Waals surface area (Å²) in [7, 11) is 1.40. The minimum atomic E-state index is -0.611. The molecule has 168 valence electrons. The molecular weight excluding hydrogens is 410 g/mol. The Morgan fingerprint density at radius 2 is 1.77 bits per heavy atom. The number of aromatic nitrogens is 3. The zero-order valence-corrected chi connectivity index (χ0v) is 20.3. The van der Waals surface area contributed by atoms with Crippen LogP contribution in [0.2, 0.25) is 0 Å². The molecule has 0 aliphatic carbocycles. The lowest BCUT2D eigenvalue weighted by molar-refractivity contribution is 0.102. The molecule has 8 heteroatoms. The van der Waals surface area contributed by atoms with E-state index in [0.29, 0.717) is 17.0 Å². The maximum Gasteiger partial charge on any atom is 0.256 e. The van der Waals surface area contributed by atoms with Crippen molar-refractivity contribution in [1.29, 1.82) is 0 Å². The number of carbonyl (C=O) groups excluding carboxylic acids is 1. The summed E-state index contributed by atoms with van der Waals surface area (Å²) in [6, 6.07) is 11.4. The van der Waals surface area contributed by atoms with Crippen molar-refractivity contribution in [2.24, 2.45) is 0 Å². The molecular formula is C23H33N5O2S. The number of hydrogen-bond acceptors (Lipinski definition) is 5. The van der Waals surface area contributed by atoms with E-state index in [0.717, 1.165) is 18.8 Å². The van der Waals surface area contributed by atoms with Crippen molar-refractivity contribution in [1.82, 2.24) is 14.6 Å². The second-order valence-electron chi connectivity index (χ2n) is 8.55. The van der Waals surface area contributed by atoms with Crippen LogP contribution in [-0.4, -0.2) is 50.8 Å². The summed E-state index contributed by atoms with van der Waals surface area (Å²) in [4.78, 5) is 19.3. The lowest BCUT2D eigenvalue weighted by Crippen LogP contribution is -2.22. The molecule has 0 spiro atoms. The number of amides is 1. The highest BCUT2D eigenvalue weighted by Gasteiger charge is 2.16. The fourth-order valence-electron chi connectivity index (χ4n) is 2.99. The van der Waals surface area contributed by atoms with Crippen LogP contribution >= 0.6 is 0 Å². The summed E-state index contributed by atoms with van der Waals surface area (Å²) >= 11 is 0. The first kappa shape index (κ1) is 24.5. The lowest BCUT2D eigenvalue weighted by atomic mass is 9.87. The van der Waals surface area contributed by atoms with Gasteiger partial charge in [-0.15, -0.1) is 0 Å². The molecule has 1 amide bonds. The van der Waals surface area contributed by atoms with Crippen LogP contribution in [-0.2, 0) is 16.2 Å². The van der Waals surface area contributed by atoms with Crippen molar-refractivity contribution in [2.75, 3.05) is 36.3 Å². The van der Waals surface area contributed by atoms with E-state index < -0.39 is 10.8 Å². The molecule has 2 aromatic heterocycles. The minimum absolute atomic E-state index is 0.0579. The normalized spacial score (nSPS) is 11.2. The summed E-state index contributed by atoms with van der Waals surface area (Å²) in [5.41, 5.74) is 2.57. The third-order valence-electron chi connectivity index (χ3n) is 4.55. The van der Waals surface area contributed by atoms with E-state index in [1.807, 2.05) is 43.4 Å². The second-order valence-corrected chi connectivity index (χ2v) is 10.0. The van der Waals surface area contributed by atoms with Crippen LogP contribution in [0, 0.1) is 0 Å². The summed E-state index contributed by atoms with van der Waals surface area (Å²) in [6.45, 7) is 9.48. The van der Waals surface area contributed by atoms with Gasteiger partial charge in [0.05, 0.1) is 6.20 Å². The van der Waals surface area contributed by atoms with Crippen LogP contribution in [0.3, 0.4) is 0 Å². The van der Waals surface area contributed by atoms with E-state index in [1.54, 1.807) is 23.2 Å². The van der Waals surface area contributed by atoms with Gasteiger partial charge in [-0.2, -0.15) is 9.61 Å². The number of carbonyl (C=O) groups is 1. The topological polar surface area (TPSA) is 79.6 Å². The quantitative estimate of drug-likeness (QED) is 0.642. The third kappa shape index (κ3) is 6.89. The van der Waals surface area contributed by atoms with Crippen molar-refractivity contribution < 1.29 is 9.00 Å². The maximum atomic E-state index is 12.7. The average molecular weight is 444 g/mol. The Bertz CT molecular complexity index is 1030. The molecule has 0 bridgehead atoms. The van der Waals surface area contributed by atoms with E-state index in [9.17, 15) is 9.00 Å². The highest BCUT2D eigenvalue weighted by Crippen LogP contribution is 2.23. The number of nitrogens with zero attached hydrogens (tertiary/aromatic N) is 4. The number of benzene rings is 1. The minimum Gasteiger partial charge on any atom is -0.359 e. The molecule has 0 saturated heterocycles. The predicted molar refractivity (Wildman–Crippen MR) is 130 cm³/mol. The molecule has 2 heterocycles. The first-order valence-electron chi connectivity index (χ1n) is 10.3. The highest BCUT2D eigenvalue weighted by molar-refractivity contribution is 7.83. The van der Waals surface area contributed by atoms with Crippen molar-refractivity contribution in [2.45, 2.75) is 39.5 Å². The molecule has 0 saturated carbocycles. The van der Waals surface area contributed by atoms with Gasteiger partial charge < -0.3 is 10.2 Å². The number of anilines is 2. The van der Waals surface area contributed by atoms with E-state index in [-0.39, 0.29) is 11.3 Å². The first-order valence-corrected chi connectivity index (χ1v) is 12.2. The fraction of sp³-hybridized carbons (Fsp3) is 0.435. The average Bonchev–Trinajstić information content (AvgIpc) is 3.15. The van der Waals surface area contributed by atoms with Gasteiger partial charge in [-0.3, -0.25) is 9.00 Å². The molecule has 0 atom stereocenters. The Morgan fingerprint density at radius 1 is 1.16 bits per heavy atom. The van der Waals surface area contributed by atoms with Gasteiger partial charge in [0.2, 0.25) is 0 Å². The number of rotatable bonds is 5. The van der Waals surface area contributed by atoms with Crippen LogP contribution in [0.4, 0.5) is 11.6 Å². The van der Waals surface area contributed by atoms with E-state index in [2.05, 4.69) is 48.0 Å². The zero-order chi connectivity index (χ0) is 23.2. The first-order chi connectivity index (χ1) is 14.5. The van der Waals surface area contributed by atoms with Gasteiger partial charge in [-0.05, 0) is 29.5 Å². The Hall–Kier alpha value is -2.74.